The average molecular weight is 448 g/mol. The molecule has 2 rings (SSSR count). The first-order valence-corrected chi connectivity index (χ1v) is 12.0. The molecule has 0 saturated carbocycles. The van der Waals surface area contributed by atoms with E-state index in [1.54, 1.807) is 13.8 Å². The summed E-state index contributed by atoms with van der Waals surface area (Å²) in [5, 5.41) is 14.1. The van der Waals surface area contributed by atoms with Gasteiger partial charge >= 0.3 is 0 Å². The van der Waals surface area contributed by atoms with E-state index in [1.807, 2.05) is 37.3 Å². The van der Waals surface area contributed by atoms with E-state index in [4.69, 9.17) is 0 Å². The Hall–Kier alpha value is -2.94. The Bertz CT molecular complexity index is 1020. The van der Waals surface area contributed by atoms with E-state index >= 15 is 0 Å². The van der Waals surface area contributed by atoms with Gasteiger partial charge in [0, 0.05) is 18.2 Å². The minimum absolute atomic E-state index is 0.135. The Morgan fingerprint density at radius 1 is 1.19 bits per heavy atom. The van der Waals surface area contributed by atoms with Crippen LogP contribution in [0.4, 0.5) is 11.4 Å². The van der Waals surface area contributed by atoms with Crippen molar-refractivity contribution in [1.29, 1.82) is 0 Å². The summed E-state index contributed by atoms with van der Waals surface area (Å²) in [6.07, 6.45) is 2.69. The maximum atomic E-state index is 13.0. The highest BCUT2D eigenvalue weighted by Gasteiger charge is 2.33. The summed E-state index contributed by atoms with van der Waals surface area (Å²) in [5.41, 5.74) is 1.58. The smallest absolute Gasteiger partial charge is 0.271 e. The van der Waals surface area contributed by atoms with Gasteiger partial charge in [-0.15, -0.1) is 0 Å². The zero-order chi connectivity index (χ0) is 23.2. The summed E-state index contributed by atoms with van der Waals surface area (Å²) in [7, 11) is -3.88. The second-order valence-corrected chi connectivity index (χ2v) is 9.50. The fourth-order valence-electron chi connectivity index (χ4n) is 3.42. The number of anilines is 1. The van der Waals surface area contributed by atoms with Crippen molar-refractivity contribution >= 4 is 27.3 Å². The van der Waals surface area contributed by atoms with Gasteiger partial charge in [0.2, 0.25) is 15.9 Å². The Morgan fingerprint density at radius 3 is 2.39 bits per heavy atom. The highest BCUT2D eigenvalue weighted by molar-refractivity contribution is 7.92. The van der Waals surface area contributed by atoms with E-state index < -0.39 is 26.9 Å². The lowest BCUT2D eigenvalue weighted by Crippen LogP contribution is -2.51. The quantitative estimate of drug-likeness (QED) is 0.442. The largest absolute Gasteiger partial charge is 0.352 e. The number of non-ortho nitro benzene ring substituents is 1. The lowest BCUT2D eigenvalue weighted by Gasteiger charge is -2.32. The van der Waals surface area contributed by atoms with Crippen LogP contribution in [0.15, 0.2) is 48.5 Å². The SMILES string of the molecule is CCC(C(=O)NC(C)CCc1ccccc1)N(c1cc([N+](=O)[O-])ccc1C)S(C)(=O)=O. The fraction of sp³-hybridized carbons (Fsp3) is 0.409. The van der Waals surface area contributed by atoms with Gasteiger partial charge in [0.05, 0.1) is 16.9 Å². The molecule has 0 bridgehead atoms. The van der Waals surface area contributed by atoms with Crippen molar-refractivity contribution in [2.24, 2.45) is 0 Å². The number of aryl methyl sites for hydroxylation is 2. The van der Waals surface area contributed by atoms with Gasteiger partial charge in [-0.05, 0) is 44.2 Å². The highest BCUT2D eigenvalue weighted by atomic mass is 32.2. The Morgan fingerprint density at radius 2 is 1.84 bits per heavy atom. The summed E-state index contributed by atoms with van der Waals surface area (Å²) in [5.74, 6) is -0.431. The van der Waals surface area contributed by atoms with Crippen LogP contribution in [0, 0.1) is 17.0 Å². The molecule has 0 aliphatic heterocycles. The van der Waals surface area contributed by atoms with Crippen LogP contribution in [0.1, 0.15) is 37.8 Å². The molecule has 0 spiro atoms. The van der Waals surface area contributed by atoms with Crippen molar-refractivity contribution in [3.05, 3.63) is 69.8 Å². The number of hydrogen-bond donors (Lipinski definition) is 1. The van der Waals surface area contributed by atoms with Crippen LogP contribution in [-0.2, 0) is 21.2 Å². The van der Waals surface area contributed by atoms with Crippen molar-refractivity contribution in [3.8, 4) is 0 Å². The Kier molecular flexibility index (Phi) is 8.15. The molecular weight excluding hydrogens is 418 g/mol. The molecule has 1 amide bonds. The minimum atomic E-state index is -3.88. The lowest BCUT2D eigenvalue weighted by atomic mass is 10.1. The monoisotopic (exact) mass is 447 g/mol. The third-order valence-corrected chi connectivity index (χ3v) is 6.23. The molecule has 2 atom stereocenters. The third-order valence-electron chi connectivity index (χ3n) is 5.07. The zero-order valence-electron chi connectivity index (χ0n) is 18.2. The Balaban J connectivity index is 2.26. The van der Waals surface area contributed by atoms with Crippen LogP contribution >= 0.6 is 0 Å². The molecule has 0 heterocycles. The van der Waals surface area contributed by atoms with E-state index in [9.17, 15) is 23.3 Å². The van der Waals surface area contributed by atoms with Gasteiger partial charge < -0.3 is 5.32 Å². The third kappa shape index (κ3) is 6.52. The number of nitrogens with zero attached hydrogens (tertiary/aromatic N) is 2. The molecule has 168 valence electrons. The molecule has 0 saturated heterocycles. The number of sulfonamides is 1. The van der Waals surface area contributed by atoms with Crippen LogP contribution in [0.5, 0.6) is 0 Å². The van der Waals surface area contributed by atoms with Crippen LogP contribution in [0.3, 0.4) is 0 Å². The van der Waals surface area contributed by atoms with E-state index in [-0.39, 0.29) is 23.8 Å². The molecule has 31 heavy (non-hydrogen) atoms. The minimum Gasteiger partial charge on any atom is -0.352 e. The van der Waals surface area contributed by atoms with Gasteiger partial charge in [0.1, 0.15) is 6.04 Å². The summed E-state index contributed by atoms with van der Waals surface area (Å²) < 4.78 is 26.3. The van der Waals surface area contributed by atoms with Crippen LogP contribution < -0.4 is 9.62 Å². The molecule has 2 aromatic rings. The average Bonchev–Trinajstić information content (AvgIpc) is 2.70. The summed E-state index contributed by atoms with van der Waals surface area (Å²) in [6, 6.07) is 12.7. The molecule has 2 aromatic carbocycles. The van der Waals surface area contributed by atoms with E-state index in [1.165, 1.54) is 18.2 Å². The number of hydrogen-bond acceptors (Lipinski definition) is 5. The van der Waals surface area contributed by atoms with Gasteiger partial charge in [-0.2, -0.15) is 0 Å². The van der Waals surface area contributed by atoms with Crippen molar-refractivity contribution in [3.63, 3.8) is 0 Å². The number of nitrogens with one attached hydrogen (secondary N) is 1. The highest BCUT2D eigenvalue weighted by Crippen LogP contribution is 2.30. The first-order chi connectivity index (χ1) is 14.5. The topological polar surface area (TPSA) is 110 Å². The van der Waals surface area contributed by atoms with E-state index in [0.717, 1.165) is 22.5 Å². The molecule has 0 aromatic heterocycles. The molecule has 2 unspecified atom stereocenters. The molecule has 0 fully saturated rings. The maximum Gasteiger partial charge on any atom is 0.271 e. The van der Waals surface area contributed by atoms with Crippen LogP contribution in [0.25, 0.3) is 0 Å². The van der Waals surface area contributed by atoms with Gasteiger partial charge in [-0.25, -0.2) is 8.42 Å². The number of rotatable bonds is 10. The fourth-order valence-corrected chi connectivity index (χ4v) is 4.68. The molecule has 0 radical (unpaired) electrons. The number of amides is 1. The van der Waals surface area contributed by atoms with E-state index in [2.05, 4.69) is 5.32 Å². The molecule has 0 aliphatic rings. The standard InChI is InChI=1S/C22H29N3O5S/c1-5-20(22(26)23-17(3)12-13-18-9-7-6-8-10-18)24(31(4,29)30)21-15-19(25(27)28)14-11-16(21)2/h6-11,14-15,17,20H,5,12-13H2,1-4H3,(H,23,26). The van der Waals surface area contributed by atoms with E-state index in [0.29, 0.717) is 12.0 Å². The van der Waals surface area contributed by atoms with Crippen molar-refractivity contribution in [2.75, 3.05) is 10.6 Å². The number of nitro groups is 1. The first-order valence-electron chi connectivity index (χ1n) is 10.1. The predicted molar refractivity (Wildman–Crippen MR) is 122 cm³/mol. The van der Waals surface area contributed by atoms with Gasteiger partial charge in [0.25, 0.3) is 5.69 Å². The summed E-state index contributed by atoms with van der Waals surface area (Å²) in [6.45, 7) is 5.24. The Labute approximate surface area is 183 Å². The number of carbonyl (C=O) groups excluding carboxylic acids is 1. The van der Waals surface area contributed by atoms with Gasteiger partial charge in [-0.3, -0.25) is 19.2 Å². The summed E-state index contributed by atoms with van der Waals surface area (Å²) >= 11 is 0. The van der Waals surface area contributed by atoms with Crippen molar-refractivity contribution in [2.45, 2.75) is 52.1 Å². The van der Waals surface area contributed by atoms with Gasteiger partial charge in [-0.1, -0.05) is 43.3 Å². The molecular formula is C22H29N3O5S. The maximum absolute atomic E-state index is 13.0. The van der Waals surface area contributed by atoms with Crippen LogP contribution in [-0.4, -0.2) is 37.6 Å². The molecule has 1 N–H and O–H groups in total. The second kappa shape index (κ2) is 10.4. The molecule has 8 nitrogen and oxygen atoms in total. The normalized spacial score (nSPS) is 13.3. The number of nitro benzene ring substituents is 1. The second-order valence-electron chi connectivity index (χ2n) is 7.64. The zero-order valence-corrected chi connectivity index (χ0v) is 19.1. The molecule has 0 aliphatic carbocycles. The first kappa shape index (κ1) is 24.3. The van der Waals surface area contributed by atoms with Crippen LogP contribution in [0.2, 0.25) is 0 Å². The number of benzene rings is 2. The lowest BCUT2D eigenvalue weighted by molar-refractivity contribution is -0.384. The summed E-state index contributed by atoms with van der Waals surface area (Å²) in [4.78, 5) is 23.7. The molecule has 9 heteroatoms. The van der Waals surface area contributed by atoms with Crippen molar-refractivity contribution in [1.82, 2.24) is 5.32 Å². The number of carbonyl (C=O) groups is 1. The van der Waals surface area contributed by atoms with Crippen molar-refractivity contribution < 1.29 is 18.1 Å². The predicted octanol–water partition coefficient (Wildman–Crippen LogP) is 3.59. The van der Waals surface area contributed by atoms with Gasteiger partial charge in [0.15, 0.2) is 0 Å².